The fourth-order valence-corrected chi connectivity index (χ4v) is 6.99. The van der Waals surface area contributed by atoms with E-state index in [0.29, 0.717) is 38.9 Å². The van der Waals surface area contributed by atoms with Crippen LogP contribution in [0, 0.1) is 17.8 Å². The predicted molar refractivity (Wildman–Crippen MR) is 178 cm³/mol. The Morgan fingerprint density at radius 1 is 0.783 bits per heavy atom. The fraction of sp³-hybridized carbons (Fsp3) is 0.686. The predicted octanol–water partition coefficient (Wildman–Crippen LogP) is 2.49. The number of carbonyl (C=O) groups excluding carboxylic acids is 5. The van der Waals surface area contributed by atoms with Gasteiger partial charge in [0.25, 0.3) is 0 Å². The number of amides is 5. The van der Waals surface area contributed by atoms with E-state index in [1.807, 2.05) is 90.9 Å². The van der Waals surface area contributed by atoms with Gasteiger partial charge in [-0.1, -0.05) is 71.9 Å². The monoisotopic (exact) mass is 640 g/mol. The SMILES string of the molecule is CC(C)[C@H](NC(=O)[C@H](C(C)C)N(C)C)C(=O)N(C)[C@H](C(=O)N1CCC[C@H]1C(=O)N1CCC[C@H]1C(=O)NCc1ccccc1)C(C)C. The number of hydrogen-bond acceptors (Lipinski definition) is 6. The molecule has 11 heteroatoms. The van der Waals surface area contributed by atoms with Crippen molar-refractivity contribution >= 4 is 29.5 Å². The van der Waals surface area contributed by atoms with Gasteiger partial charge in [0.05, 0.1) is 6.04 Å². The van der Waals surface area contributed by atoms with Gasteiger partial charge in [-0.25, -0.2) is 0 Å². The Morgan fingerprint density at radius 3 is 1.89 bits per heavy atom. The highest BCUT2D eigenvalue weighted by molar-refractivity contribution is 5.96. The quantitative estimate of drug-likeness (QED) is 0.342. The Hall–Kier alpha value is -3.47. The molecule has 0 aromatic heterocycles. The van der Waals surface area contributed by atoms with Crippen molar-refractivity contribution in [2.75, 3.05) is 34.2 Å². The highest BCUT2D eigenvalue weighted by atomic mass is 16.2. The van der Waals surface area contributed by atoms with E-state index in [0.717, 1.165) is 12.0 Å². The first-order valence-corrected chi connectivity index (χ1v) is 16.8. The molecule has 5 atom stereocenters. The van der Waals surface area contributed by atoms with E-state index in [4.69, 9.17) is 0 Å². The highest BCUT2D eigenvalue weighted by Gasteiger charge is 2.45. The third-order valence-corrected chi connectivity index (χ3v) is 9.31. The van der Waals surface area contributed by atoms with Gasteiger partial charge in [0.15, 0.2) is 0 Å². The lowest BCUT2D eigenvalue weighted by Crippen LogP contribution is -2.61. The average molecular weight is 641 g/mol. The molecule has 5 amide bonds. The summed E-state index contributed by atoms with van der Waals surface area (Å²) >= 11 is 0. The number of hydrogen-bond donors (Lipinski definition) is 2. The third kappa shape index (κ3) is 8.66. The number of nitrogens with one attached hydrogen (secondary N) is 2. The first-order valence-electron chi connectivity index (χ1n) is 16.8. The first-order chi connectivity index (χ1) is 21.7. The molecule has 2 saturated heterocycles. The molecule has 1 aromatic carbocycles. The number of carbonyl (C=O) groups is 5. The second kappa shape index (κ2) is 16.4. The summed E-state index contributed by atoms with van der Waals surface area (Å²) in [7, 11) is 5.29. The molecule has 2 heterocycles. The number of likely N-dealkylation sites (tertiary alicyclic amines) is 2. The van der Waals surface area contributed by atoms with Crippen LogP contribution in [-0.4, -0.2) is 114 Å². The van der Waals surface area contributed by atoms with Crippen molar-refractivity contribution < 1.29 is 24.0 Å². The Morgan fingerprint density at radius 2 is 1.35 bits per heavy atom. The lowest BCUT2D eigenvalue weighted by molar-refractivity contribution is -0.153. The molecule has 0 aliphatic carbocycles. The van der Waals surface area contributed by atoms with Crippen LogP contribution in [0.15, 0.2) is 30.3 Å². The summed E-state index contributed by atoms with van der Waals surface area (Å²) < 4.78 is 0. The van der Waals surface area contributed by atoms with E-state index in [-0.39, 0.29) is 47.3 Å². The van der Waals surface area contributed by atoms with E-state index in [2.05, 4.69) is 10.6 Å². The number of nitrogens with zero attached hydrogens (tertiary/aromatic N) is 4. The molecule has 256 valence electrons. The summed E-state index contributed by atoms with van der Waals surface area (Å²) in [6.07, 6.45) is 2.46. The maximum absolute atomic E-state index is 14.2. The van der Waals surface area contributed by atoms with Gasteiger partial charge in [0.2, 0.25) is 29.5 Å². The van der Waals surface area contributed by atoms with E-state index in [1.165, 1.54) is 4.90 Å². The average Bonchev–Trinajstić information content (AvgIpc) is 3.68. The molecule has 2 aliphatic rings. The minimum atomic E-state index is -0.822. The highest BCUT2D eigenvalue weighted by Crippen LogP contribution is 2.28. The van der Waals surface area contributed by atoms with Gasteiger partial charge in [-0.05, 0) is 63.1 Å². The topological polar surface area (TPSA) is 122 Å². The zero-order valence-corrected chi connectivity index (χ0v) is 29.3. The van der Waals surface area contributed by atoms with Gasteiger partial charge in [-0.2, -0.15) is 0 Å². The summed E-state index contributed by atoms with van der Waals surface area (Å²) in [5.41, 5.74) is 0.981. The van der Waals surface area contributed by atoms with Gasteiger partial charge in [-0.15, -0.1) is 0 Å². The van der Waals surface area contributed by atoms with Crippen LogP contribution in [0.4, 0.5) is 0 Å². The summed E-state index contributed by atoms with van der Waals surface area (Å²) in [4.78, 5) is 75.1. The zero-order chi connectivity index (χ0) is 34.3. The molecule has 2 aliphatic heterocycles. The normalized spacial score (nSPS) is 20.3. The van der Waals surface area contributed by atoms with Crippen molar-refractivity contribution in [2.24, 2.45) is 17.8 Å². The molecule has 0 unspecified atom stereocenters. The largest absolute Gasteiger partial charge is 0.350 e. The van der Waals surface area contributed by atoms with Crippen molar-refractivity contribution in [3.05, 3.63) is 35.9 Å². The second-order valence-corrected chi connectivity index (χ2v) is 14.1. The van der Waals surface area contributed by atoms with Gasteiger partial charge < -0.3 is 25.3 Å². The molecule has 2 fully saturated rings. The second-order valence-electron chi connectivity index (χ2n) is 14.1. The molecule has 11 nitrogen and oxygen atoms in total. The Bertz CT molecular complexity index is 1210. The van der Waals surface area contributed by atoms with E-state index in [1.54, 1.807) is 16.8 Å². The van der Waals surface area contributed by atoms with Crippen LogP contribution < -0.4 is 10.6 Å². The van der Waals surface area contributed by atoms with Gasteiger partial charge >= 0.3 is 0 Å². The van der Waals surface area contributed by atoms with Crippen LogP contribution in [-0.2, 0) is 30.5 Å². The fourth-order valence-electron chi connectivity index (χ4n) is 6.99. The molecule has 0 saturated carbocycles. The number of benzene rings is 1. The summed E-state index contributed by atoms with van der Waals surface area (Å²) in [5.74, 6) is -1.67. The molecular formula is C35H56N6O5. The van der Waals surface area contributed by atoms with E-state index in [9.17, 15) is 24.0 Å². The van der Waals surface area contributed by atoms with Gasteiger partial charge in [-0.3, -0.25) is 28.9 Å². The van der Waals surface area contributed by atoms with E-state index < -0.39 is 30.2 Å². The van der Waals surface area contributed by atoms with Crippen molar-refractivity contribution in [2.45, 2.75) is 104 Å². The minimum Gasteiger partial charge on any atom is -0.350 e. The van der Waals surface area contributed by atoms with E-state index >= 15 is 0 Å². The van der Waals surface area contributed by atoms with Crippen LogP contribution in [0.25, 0.3) is 0 Å². The third-order valence-electron chi connectivity index (χ3n) is 9.31. The van der Waals surface area contributed by atoms with Crippen LogP contribution in [0.1, 0.15) is 72.8 Å². The lowest BCUT2D eigenvalue weighted by atomic mass is 9.96. The van der Waals surface area contributed by atoms with Crippen molar-refractivity contribution in [3.8, 4) is 0 Å². The molecule has 0 spiro atoms. The number of likely N-dealkylation sites (N-methyl/N-ethyl adjacent to an activating group) is 2. The van der Waals surface area contributed by atoms with Crippen molar-refractivity contribution in [1.82, 2.24) is 30.2 Å². The van der Waals surface area contributed by atoms with Gasteiger partial charge in [0, 0.05) is 26.7 Å². The standard InChI is InChI=1S/C35H56N6O5/c1-22(2)28(37-32(43)29(23(3)4)38(7)8)34(45)39(9)30(24(5)6)35(46)41-20-14-18-27(41)33(44)40-19-13-17-26(40)31(42)36-21-25-15-11-10-12-16-25/h10-12,15-16,22-24,26-30H,13-14,17-21H2,1-9H3,(H,36,42)(H,37,43)/t26-,27-,28-,29-,30-/m0/s1. The zero-order valence-electron chi connectivity index (χ0n) is 29.3. The molecule has 0 radical (unpaired) electrons. The van der Waals surface area contributed by atoms with Crippen LogP contribution >= 0.6 is 0 Å². The van der Waals surface area contributed by atoms with Crippen LogP contribution in [0.2, 0.25) is 0 Å². The molecule has 1 aromatic rings. The van der Waals surface area contributed by atoms with Gasteiger partial charge in [0.1, 0.15) is 24.2 Å². The van der Waals surface area contributed by atoms with Crippen LogP contribution in [0.3, 0.4) is 0 Å². The Balaban J connectivity index is 1.75. The molecule has 0 bridgehead atoms. The maximum atomic E-state index is 14.2. The molecule has 3 rings (SSSR count). The van der Waals surface area contributed by atoms with Crippen molar-refractivity contribution in [1.29, 1.82) is 0 Å². The van der Waals surface area contributed by atoms with Crippen molar-refractivity contribution in [3.63, 3.8) is 0 Å². The summed E-state index contributed by atoms with van der Waals surface area (Å²) in [6.45, 7) is 12.7. The molecule has 46 heavy (non-hydrogen) atoms. The minimum absolute atomic E-state index is 0.0374. The maximum Gasteiger partial charge on any atom is 0.246 e. The lowest BCUT2D eigenvalue weighted by Gasteiger charge is -2.38. The Kier molecular flexibility index (Phi) is 13.2. The van der Waals surface area contributed by atoms with Crippen LogP contribution in [0.5, 0.6) is 0 Å². The number of rotatable bonds is 13. The first kappa shape index (κ1) is 37.0. The molecule has 2 N–H and O–H groups in total. The Labute approximate surface area is 275 Å². The summed E-state index contributed by atoms with van der Waals surface area (Å²) in [5, 5.41) is 5.94. The molecular weight excluding hydrogens is 584 g/mol. The smallest absolute Gasteiger partial charge is 0.246 e. The summed E-state index contributed by atoms with van der Waals surface area (Å²) in [6, 6.07) is 6.32.